The fraction of sp³-hybridized carbons (Fsp3) is 0.250. The minimum absolute atomic E-state index is 0. The summed E-state index contributed by atoms with van der Waals surface area (Å²) >= 11 is 0. The van der Waals surface area contributed by atoms with Crippen LogP contribution in [0.15, 0.2) is 60.5 Å². The predicted molar refractivity (Wildman–Crippen MR) is 101 cm³/mol. The molecule has 0 aliphatic heterocycles. The third-order valence-electron chi connectivity index (χ3n) is 3.08. The molecule has 1 radical (unpaired) electrons. The number of carbonyl (C=O) groups is 2. The number of benzene rings is 1. The normalized spacial score (nSPS) is 10.1. The molecule has 4 N–H and O–H groups in total. The van der Waals surface area contributed by atoms with Crippen molar-refractivity contribution in [2.24, 2.45) is 5.73 Å². The monoisotopic (exact) mass is 547 g/mol. The number of nitrogens with zero attached hydrogens (tertiary/aromatic N) is 1. The number of hydrogen-bond acceptors (Lipinski definition) is 5. The van der Waals surface area contributed by atoms with Gasteiger partial charge in [0.1, 0.15) is 0 Å². The van der Waals surface area contributed by atoms with Gasteiger partial charge in [-0.2, -0.15) is 0 Å². The van der Waals surface area contributed by atoms with Crippen LogP contribution >= 0.6 is 0 Å². The Kier molecular flexibility index (Phi) is 13.5. The second-order valence-corrected chi connectivity index (χ2v) is 5.38. The van der Waals surface area contributed by atoms with E-state index >= 15 is 0 Å². The number of amides is 1. The van der Waals surface area contributed by atoms with Crippen molar-refractivity contribution < 1.29 is 34.8 Å². The SMILES string of the molecule is CC(O)=CC(=O)CCC(=O)NCCN.[Ir].[c-]1ccccc1-c1ccccn1. The summed E-state index contributed by atoms with van der Waals surface area (Å²) in [6.45, 7) is 2.21. The van der Waals surface area contributed by atoms with E-state index in [-0.39, 0.29) is 50.4 Å². The predicted octanol–water partition coefficient (Wildman–Crippen LogP) is 2.42. The molecule has 0 aliphatic carbocycles. The quantitative estimate of drug-likeness (QED) is 0.281. The van der Waals surface area contributed by atoms with Crippen LogP contribution in [0.25, 0.3) is 11.3 Å². The molecule has 0 bridgehead atoms. The molecule has 27 heavy (non-hydrogen) atoms. The van der Waals surface area contributed by atoms with Gasteiger partial charge in [-0.1, -0.05) is 12.1 Å². The van der Waals surface area contributed by atoms with E-state index in [2.05, 4.69) is 16.4 Å². The number of rotatable bonds is 7. The van der Waals surface area contributed by atoms with E-state index in [4.69, 9.17) is 10.8 Å². The van der Waals surface area contributed by atoms with Crippen molar-refractivity contribution in [1.29, 1.82) is 0 Å². The van der Waals surface area contributed by atoms with Gasteiger partial charge in [0.25, 0.3) is 0 Å². The summed E-state index contributed by atoms with van der Waals surface area (Å²) in [5.74, 6) is -0.502. The molecule has 2 rings (SSSR count). The van der Waals surface area contributed by atoms with E-state index in [0.29, 0.717) is 13.1 Å². The second-order valence-electron chi connectivity index (χ2n) is 5.38. The number of hydrogen-bond donors (Lipinski definition) is 3. The molecular weight excluding hydrogens is 522 g/mol. The van der Waals surface area contributed by atoms with Crippen LogP contribution in [-0.2, 0) is 29.7 Å². The molecule has 7 heteroatoms. The molecule has 1 aromatic carbocycles. The van der Waals surface area contributed by atoms with Gasteiger partial charge in [0.15, 0.2) is 5.78 Å². The van der Waals surface area contributed by atoms with Crippen LogP contribution < -0.4 is 11.1 Å². The number of nitrogens with one attached hydrogen (secondary N) is 1. The molecule has 1 heterocycles. The molecular formula is C20H24IrN3O3-. The summed E-state index contributed by atoms with van der Waals surface area (Å²) in [7, 11) is 0. The van der Waals surface area contributed by atoms with E-state index in [1.54, 1.807) is 6.20 Å². The molecule has 0 saturated heterocycles. The molecule has 147 valence electrons. The number of aromatic nitrogens is 1. The Morgan fingerprint density at radius 1 is 1.22 bits per heavy atom. The van der Waals surface area contributed by atoms with Crippen LogP contribution in [0.4, 0.5) is 0 Å². The number of aliphatic hydroxyl groups is 1. The second kappa shape index (κ2) is 14.8. The molecule has 1 amide bonds. The van der Waals surface area contributed by atoms with Crippen LogP contribution in [0, 0.1) is 6.07 Å². The first-order valence-electron chi connectivity index (χ1n) is 8.28. The first-order valence-corrected chi connectivity index (χ1v) is 8.28. The molecule has 0 aliphatic rings. The Bertz CT molecular complexity index is 665. The average molecular weight is 547 g/mol. The number of aliphatic hydroxyl groups excluding tert-OH is 1. The van der Waals surface area contributed by atoms with Gasteiger partial charge in [-0.3, -0.25) is 9.59 Å². The van der Waals surface area contributed by atoms with Crippen LogP contribution in [0.3, 0.4) is 0 Å². The van der Waals surface area contributed by atoms with Crippen LogP contribution in [0.2, 0.25) is 0 Å². The van der Waals surface area contributed by atoms with E-state index in [0.717, 1.165) is 17.3 Å². The van der Waals surface area contributed by atoms with Gasteiger partial charge in [0.2, 0.25) is 5.91 Å². The van der Waals surface area contributed by atoms with Gasteiger partial charge in [-0.25, -0.2) is 0 Å². The standard InChI is InChI=1S/C11H8N.C9H16N2O3.Ir/c1-2-6-10(7-3-1)11-8-4-5-9-12-11;1-7(12)6-8(13)2-3-9(14)11-5-4-10;/h1-6,8-9H;6,12H,2-5,10H2,1H3,(H,11,14);/q-1;;. The summed E-state index contributed by atoms with van der Waals surface area (Å²) < 4.78 is 0. The average Bonchev–Trinajstić information content (AvgIpc) is 2.66. The maximum absolute atomic E-state index is 11.0. The zero-order chi connectivity index (χ0) is 19.2. The summed E-state index contributed by atoms with van der Waals surface area (Å²) in [4.78, 5) is 26.2. The Morgan fingerprint density at radius 3 is 2.52 bits per heavy atom. The topological polar surface area (TPSA) is 105 Å². The summed E-state index contributed by atoms with van der Waals surface area (Å²) in [5.41, 5.74) is 7.18. The fourth-order valence-corrected chi connectivity index (χ4v) is 1.92. The van der Waals surface area contributed by atoms with Crippen molar-refractivity contribution in [3.05, 3.63) is 66.6 Å². The van der Waals surface area contributed by atoms with E-state index in [9.17, 15) is 9.59 Å². The fourth-order valence-electron chi connectivity index (χ4n) is 1.92. The summed E-state index contributed by atoms with van der Waals surface area (Å²) in [5, 5.41) is 11.3. The smallest absolute Gasteiger partial charge is 0.220 e. The molecule has 1 aromatic heterocycles. The van der Waals surface area contributed by atoms with Crippen molar-refractivity contribution in [3.8, 4) is 11.3 Å². The number of carbonyl (C=O) groups excluding carboxylic acids is 2. The molecule has 6 nitrogen and oxygen atoms in total. The van der Waals surface area contributed by atoms with Crippen LogP contribution in [0.1, 0.15) is 19.8 Å². The first kappa shape index (κ1) is 24.7. The van der Waals surface area contributed by atoms with Crippen molar-refractivity contribution >= 4 is 11.7 Å². The van der Waals surface area contributed by atoms with Gasteiger partial charge in [0.05, 0.1) is 5.76 Å². The molecule has 0 saturated carbocycles. The third-order valence-corrected chi connectivity index (χ3v) is 3.08. The zero-order valence-corrected chi connectivity index (χ0v) is 17.5. The number of nitrogens with two attached hydrogens (primary N) is 1. The zero-order valence-electron chi connectivity index (χ0n) is 15.1. The number of allylic oxidation sites excluding steroid dienone is 2. The van der Waals surface area contributed by atoms with Crippen molar-refractivity contribution in [2.75, 3.05) is 13.1 Å². The Hall–Kier alpha value is -2.34. The summed E-state index contributed by atoms with van der Waals surface area (Å²) in [6.07, 6.45) is 3.13. The molecule has 2 aromatic rings. The molecule has 0 unspecified atom stereocenters. The van der Waals surface area contributed by atoms with Crippen molar-refractivity contribution in [1.82, 2.24) is 10.3 Å². The van der Waals surface area contributed by atoms with E-state index in [1.807, 2.05) is 42.5 Å². The van der Waals surface area contributed by atoms with E-state index < -0.39 is 0 Å². The minimum Gasteiger partial charge on any atom is -0.512 e. The molecule has 0 spiro atoms. The van der Waals surface area contributed by atoms with Gasteiger partial charge in [-0.05, 0) is 18.7 Å². The van der Waals surface area contributed by atoms with Crippen LogP contribution in [0.5, 0.6) is 0 Å². The van der Waals surface area contributed by atoms with E-state index in [1.165, 1.54) is 6.92 Å². The Morgan fingerprint density at radius 2 is 1.96 bits per heavy atom. The Labute approximate surface area is 173 Å². The summed E-state index contributed by atoms with van der Waals surface area (Å²) in [6, 6.07) is 16.8. The first-order chi connectivity index (χ1) is 12.5. The molecule has 0 fully saturated rings. The number of pyridine rings is 1. The number of ketones is 1. The maximum atomic E-state index is 11.0. The van der Waals surface area contributed by atoms with Gasteiger partial charge in [-0.15, -0.1) is 35.9 Å². The third kappa shape index (κ3) is 11.8. The Balaban J connectivity index is 0.000000485. The minimum atomic E-state index is -0.257. The van der Waals surface area contributed by atoms with Gasteiger partial charge >= 0.3 is 0 Å². The van der Waals surface area contributed by atoms with Crippen molar-refractivity contribution in [2.45, 2.75) is 19.8 Å². The van der Waals surface area contributed by atoms with Crippen LogP contribution in [-0.4, -0.2) is 34.9 Å². The van der Waals surface area contributed by atoms with Gasteiger partial charge < -0.3 is 21.1 Å². The largest absolute Gasteiger partial charge is 0.512 e. The maximum Gasteiger partial charge on any atom is 0.220 e. The molecule has 0 atom stereocenters. The van der Waals surface area contributed by atoms with Gasteiger partial charge in [0, 0.05) is 58.3 Å². The van der Waals surface area contributed by atoms with Crippen molar-refractivity contribution in [3.63, 3.8) is 0 Å².